The Morgan fingerprint density at radius 3 is 2.57 bits per heavy atom. The standard InChI is InChI=1S/C17H14N2O2/c1-19-14-8-7-10(21-2)9-13(14)15-16(18-20)11-5-3-4-6-12(11)17(15)19/h3-9,20H,1-2H3/b18-16-. The van der Waals surface area contributed by atoms with Gasteiger partial charge in [0.15, 0.2) is 0 Å². The van der Waals surface area contributed by atoms with Gasteiger partial charge in [0, 0.05) is 34.6 Å². The zero-order valence-corrected chi connectivity index (χ0v) is 11.8. The molecular formula is C17H14N2O2. The number of hydrogen-bond acceptors (Lipinski definition) is 3. The second-order valence-corrected chi connectivity index (χ2v) is 5.16. The Bertz CT molecular complexity index is 907. The van der Waals surface area contributed by atoms with Gasteiger partial charge in [-0.05, 0) is 18.2 Å². The third-order valence-corrected chi connectivity index (χ3v) is 4.18. The number of ether oxygens (including phenoxy) is 1. The fourth-order valence-corrected chi connectivity index (χ4v) is 3.24. The van der Waals surface area contributed by atoms with E-state index in [0.29, 0.717) is 5.71 Å². The molecule has 0 bridgehead atoms. The zero-order chi connectivity index (χ0) is 14.6. The fourth-order valence-electron chi connectivity index (χ4n) is 3.24. The summed E-state index contributed by atoms with van der Waals surface area (Å²) in [6.07, 6.45) is 0. The fraction of sp³-hybridized carbons (Fsp3) is 0.118. The SMILES string of the molecule is COc1ccc2c(c1)c1c(n2C)-c2ccccc2/C1=N/O. The van der Waals surface area contributed by atoms with Gasteiger partial charge in [0.05, 0.1) is 12.8 Å². The molecule has 1 aliphatic carbocycles. The highest BCUT2D eigenvalue weighted by Crippen LogP contribution is 2.43. The van der Waals surface area contributed by atoms with Crippen molar-refractivity contribution < 1.29 is 9.94 Å². The summed E-state index contributed by atoms with van der Waals surface area (Å²) in [5, 5.41) is 14.1. The first-order valence-corrected chi connectivity index (χ1v) is 6.75. The van der Waals surface area contributed by atoms with E-state index in [9.17, 15) is 5.21 Å². The van der Waals surface area contributed by atoms with E-state index in [1.165, 1.54) is 0 Å². The van der Waals surface area contributed by atoms with Gasteiger partial charge in [0.1, 0.15) is 11.5 Å². The van der Waals surface area contributed by atoms with E-state index in [-0.39, 0.29) is 0 Å². The lowest BCUT2D eigenvalue weighted by molar-refractivity contribution is 0.320. The molecule has 0 spiro atoms. The maximum Gasteiger partial charge on any atom is 0.120 e. The van der Waals surface area contributed by atoms with Crippen molar-refractivity contribution in [1.29, 1.82) is 0 Å². The van der Waals surface area contributed by atoms with Crippen molar-refractivity contribution in [2.75, 3.05) is 7.11 Å². The molecule has 2 aromatic carbocycles. The smallest absolute Gasteiger partial charge is 0.120 e. The lowest BCUT2D eigenvalue weighted by Gasteiger charge is -2.05. The summed E-state index contributed by atoms with van der Waals surface area (Å²) in [4.78, 5) is 0. The van der Waals surface area contributed by atoms with Crippen LogP contribution in [0, 0.1) is 0 Å². The zero-order valence-electron chi connectivity index (χ0n) is 11.8. The first-order valence-electron chi connectivity index (χ1n) is 6.75. The molecule has 0 fully saturated rings. The molecule has 4 rings (SSSR count). The molecule has 0 saturated heterocycles. The van der Waals surface area contributed by atoms with E-state index in [0.717, 1.165) is 39.0 Å². The van der Waals surface area contributed by atoms with Crippen LogP contribution in [-0.2, 0) is 7.05 Å². The molecule has 3 aromatic rings. The quantitative estimate of drug-likeness (QED) is 0.428. The Balaban J connectivity index is 2.18. The molecule has 0 aliphatic heterocycles. The average Bonchev–Trinajstić information content (AvgIpc) is 3.01. The second-order valence-electron chi connectivity index (χ2n) is 5.16. The van der Waals surface area contributed by atoms with Gasteiger partial charge in [0.2, 0.25) is 0 Å². The van der Waals surface area contributed by atoms with Gasteiger partial charge in [-0.25, -0.2) is 0 Å². The molecule has 0 saturated carbocycles. The second kappa shape index (κ2) is 4.12. The van der Waals surface area contributed by atoms with Crippen LogP contribution in [-0.4, -0.2) is 22.6 Å². The summed E-state index contributed by atoms with van der Waals surface area (Å²) in [5.41, 5.74) is 5.83. The molecule has 1 heterocycles. The van der Waals surface area contributed by atoms with Gasteiger partial charge < -0.3 is 14.5 Å². The number of nitrogens with zero attached hydrogens (tertiary/aromatic N) is 2. The summed E-state index contributed by atoms with van der Waals surface area (Å²) in [7, 11) is 3.69. The molecule has 104 valence electrons. The normalized spacial score (nSPS) is 14.5. The lowest BCUT2D eigenvalue weighted by Crippen LogP contribution is -1.97. The summed E-state index contributed by atoms with van der Waals surface area (Å²) in [6, 6.07) is 14.0. The lowest BCUT2D eigenvalue weighted by atomic mass is 10.1. The Labute approximate surface area is 121 Å². The predicted molar refractivity (Wildman–Crippen MR) is 82.3 cm³/mol. The van der Waals surface area contributed by atoms with Crippen molar-refractivity contribution in [3.05, 3.63) is 53.6 Å². The van der Waals surface area contributed by atoms with Crippen molar-refractivity contribution in [1.82, 2.24) is 4.57 Å². The minimum atomic E-state index is 0.624. The Kier molecular flexibility index (Phi) is 2.36. The highest BCUT2D eigenvalue weighted by atomic mass is 16.5. The Morgan fingerprint density at radius 2 is 1.86 bits per heavy atom. The molecule has 4 heteroatoms. The van der Waals surface area contributed by atoms with Crippen LogP contribution in [0.2, 0.25) is 0 Å². The minimum absolute atomic E-state index is 0.624. The molecule has 21 heavy (non-hydrogen) atoms. The maximum absolute atomic E-state index is 9.50. The Hall–Kier alpha value is -2.75. The average molecular weight is 278 g/mol. The molecule has 0 atom stereocenters. The monoisotopic (exact) mass is 278 g/mol. The summed E-state index contributed by atoms with van der Waals surface area (Å²) >= 11 is 0. The minimum Gasteiger partial charge on any atom is -0.497 e. The predicted octanol–water partition coefficient (Wildman–Crippen LogP) is 3.39. The van der Waals surface area contributed by atoms with Gasteiger partial charge in [-0.1, -0.05) is 29.4 Å². The van der Waals surface area contributed by atoms with Gasteiger partial charge in [-0.2, -0.15) is 0 Å². The van der Waals surface area contributed by atoms with Crippen molar-refractivity contribution in [2.24, 2.45) is 12.2 Å². The number of aromatic nitrogens is 1. The number of rotatable bonds is 1. The molecule has 1 aliphatic rings. The molecule has 1 N–H and O–H groups in total. The van der Waals surface area contributed by atoms with Crippen LogP contribution in [0.3, 0.4) is 0 Å². The van der Waals surface area contributed by atoms with Crippen LogP contribution in [0.5, 0.6) is 5.75 Å². The Morgan fingerprint density at radius 1 is 1.10 bits per heavy atom. The third-order valence-electron chi connectivity index (χ3n) is 4.18. The summed E-state index contributed by atoms with van der Waals surface area (Å²) < 4.78 is 7.47. The summed E-state index contributed by atoms with van der Waals surface area (Å²) in [6.45, 7) is 0. The molecule has 0 unspecified atom stereocenters. The summed E-state index contributed by atoms with van der Waals surface area (Å²) in [5.74, 6) is 0.796. The number of fused-ring (bicyclic) bond motifs is 5. The van der Waals surface area contributed by atoms with Crippen molar-refractivity contribution in [2.45, 2.75) is 0 Å². The number of oxime groups is 1. The number of hydrogen-bond donors (Lipinski definition) is 1. The number of methoxy groups -OCH3 is 1. The van der Waals surface area contributed by atoms with Crippen LogP contribution >= 0.6 is 0 Å². The molecule has 0 amide bonds. The molecule has 4 nitrogen and oxygen atoms in total. The van der Waals surface area contributed by atoms with Gasteiger partial charge in [-0.15, -0.1) is 0 Å². The van der Waals surface area contributed by atoms with Gasteiger partial charge in [0.25, 0.3) is 0 Å². The first kappa shape index (κ1) is 12.0. The number of aryl methyl sites for hydroxylation is 1. The van der Waals surface area contributed by atoms with E-state index >= 15 is 0 Å². The molecule has 1 aromatic heterocycles. The van der Waals surface area contributed by atoms with E-state index < -0.39 is 0 Å². The van der Waals surface area contributed by atoms with E-state index in [2.05, 4.69) is 15.8 Å². The first-order chi connectivity index (χ1) is 10.3. The highest BCUT2D eigenvalue weighted by molar-refractivity contribution is 6.29. The maximum atomic E-state index is 9.50. The van der Waals surface area contributed by atoms with E-state index in [4.69, 9.17) is 4.74 Å². The van der Waals surface area contributed by atoms with Gasteiger partial charge >= 0.3 is 0 Å². The molecular weight excluding hydrogens is 264 g/mol. The van der Waals surface area contributed by atoms with Crippen LogP contribution in [0.15, 0.2) is 47.6 Å². The van der Waals surface area contributed by atoms with Crippen molar-refractivity contribution >= 4 is 16.6 Å². The van der Waals surface area contributed by atoms with E-state index in [1.807, 2.05) is 43.4 Å². The molecule has 0 radical (unpaired) electrons. The van der Waals surface area contributed by atoms with Crippen LogP contribution in [0.25, 0.3) is 22.2 Å². The van der Waals surface area contributed by atoms with Crippen LogP contribution in [0.4, 0.5) is 0 Å². The van der Waals surface area contributed by atoms with Crippen LogP contribution < -0.4 is 4.74 Å². The third kappa shape index (κ3) is 1.41. The van der Waals surface area contributed by atoms with Crippen molar-refractivity contribution in [3.63, 3.8) is 0 Å². The number of benzene rings is 2. The van der Waals surface area contributed by atoms with Crippen LogP contribution in [0.1, 0.15) is 11.1 Å². The van der Waals surface area contributed by atoms with E-state index in [1.54, 1.807) is 7.11 Å². The largest absolute Gasteiger partial charge is 0.497 e. The van der Waals surface area contributed by atoms with Gasteiger partial charge in [-0.3, -0.25) is 0 Å². The highest BCUT2D eigenvalue weighted by Gasteiger charge is 2.31. The topological polar surface area (TPSA) is 46.8 Å². The van der Waals surface area contributed by atoms with Crippen molar-refractivity contribution in [3.8, 4) is 17.0 Å².